The molecule has 1 aliphatic heterocycles. The lowest BCUT2D eigenvalue weighted by Gasteiger charge is -2.27. The molecule has 3 rings (SSSR count). The Bertz CT molecular complexity index is 833. The van der Waals surface area contributed by atoms with E-state index in [1.807, 2.05) is 49.1 Å². The van der Waals surface area contributed by atoms with E-state index in [0.29, 0.717) is 16.3 Å². The third-order valence-electron chi connectivity index (χ3n) is 4.85. The number of carbonyl (C=O) groups is 2. The number of rotatable bonds is 6. The van der Waals surface area contributed by atoms with E-state index in [2.05, 4.69) is 5.32 Å². The van der Waals surface area contributed by atoms with Crippen LogP contribution in [0, 0.1) is 0 Å². The average molecular weight is 400 g/mol. The van der Waals surface area contributed by atoms with Crippen LogP contribution in [-0.4, -0.2) is 42.4 Å². The van der Waals surface area contributed by atoms with Crippen molar-refractivity contribution in [2.24, 2.45) is 0 Å². The van der Waals surface area contributed by atoms with Crippen molar-refractivity contribution in [3.8, 4) is 0 Å². The first-order valence-corrected chi connectivity index (χ1v) is 10.0. The van der Waals surface area contributed by atoms with Gasteiger partial charge in [0.2, 0.25) is 5.91 Å². The molecule has 0 radical (unpaired) electrons. The first-order chi connectivity index (χ1) is 13.5. The van der Waals surface area contributed by atoms with Crippen molar-refractivity contribution in [3.05, 3.63) is 59.1 Å². The van der Waals surface area contributed by atoms with Gasteiger partial charge in [0.05, 0.1) is 12.1 Å². The molecule has 0 aliphatic carbocycles. The largest absolute Gasteiger partial charge is 0.375 e. The molecule has 28 heavy (non-hydrogen) atoms. The predicted molar refractivity (Wildman–Crippen MR) is 114 cm³/mol. The number of para-hydroxylation sites is 1. The Morgan fingerprint density at radius 2 is 1.79 bits per heavy atom. The maximum absolute atomic E-state index is 12.9. The lowest BCUT2D eigenvalue weighted by Crippen LogP contribution is -2.40. The van der Waals surface area contributed by atoms with Gasteiger partial charge in [0.15, 0.2) is 0 Å². The zero-order valence-corrected chi connectivity index (χ0v) is 17.1. The van der Waals surface area contributed by atoms with Crippen LogP contribution in [0.5, 0.6) is 0 Å². The second kappa shape index (κ2) is 9.11. The normalized spacial score (nSPS) is 13.6. The number of halogens is 1. The fourth-order valence-electron chi connectivity index (χ4n) is 3.51. The number of hydrogen-bond donors (Lipinski definition) is 1. The van der Waals surface area contributed by atoms with Crippen LogP contribution in [0.1, 0.15) is 37.0 Å². The van der Waals surface area contributed by atoms with E-state index in [-0.39, 0.29) is 24.4 Å². The summed E-state index contributed by atoms with van der Waals surface area (Å²) in [5.74, 6) is -0.102. The van der Waals surface area contributed by atoms with Gasteiger partial charge in [-0.3, -0.25) is 9.59 Å². The lowest BCUT2D eigenvalue weighted by molar-refractivity contribution is -0.117. The molecular formula is C22H26ClN3O2. The quantitative estimate of drug-likeness (QED) is 0.781. The summed E-state index contributed by atoms with van der Waals surface area (Å²) in [5, 5.41) is 3.66. The molecule has 148 valence electrons. The van der Waals surface area contributed by atoms with Gasteiger partial charge in [0.1, 0.15) is 0 Å². The Balaban J connectivity index is 1.76. The number of benzene rings is 2. The van der Waals surface area contributed by atoms with Crippen LogP contribution in [-0.2, 0) is 4.79 Å². The first-order valence-electron chi connectivity index (χ1n) is 9.67. The van der Waals surface area contributed by atoms with Crippen molar-refractivity contribution in [3.63, 3.8) is 0 Å². The minimum absolute atomic E-state index is 0.0209. The first kappa shape index (κ1) is 20.2. The topological polar surface area (TPSA) is 52.7 Å². The summed E-state index contributed by atoms with van der Waals surface area (Å²) >= 11 is 6.13. The number of nitrogens with zero attached hydrogens (tertiary/aromatic N) is 2. The number of likely N-dealkylation sites (tertiary alicyclic amines) is 1. The number of hydrogen-bond acceptors (Lipinski definition) is 3. The molecule has 1 heterocycles. The predicted octanol–water partition coefficient (Wildman–Crippen LogP) is 4.43. The van der Waals surface area contributed by atoms with Gasteiger partial charge < -0.3 is 15.1 Å². The number of carbonyl (C=O) groups excluding carboxylic acids is 2. The average Bonchev–Trinajstić information content (AvgIpc) is 3.22. The molecule has 5 nitrogen and oxygen atoms in total. The van der Waals surface area contributed by atoms with E-state index in [4.69, 9.17) is 11.6 Å². The molecule has 0 saturated carbocycles. The summed E-state index contributed by atoms with van der Waals surface area (Å²) in [7, 11) is 0. The van der Waals surface area contributed by atoms with Crippen molar-refractivity contribution < 1.29 is 9.59 Å². The van der Waals surface area contributed by atoms with E-state index >= 15 is 0 Å². The zero-order valence-electron chi connectivity index (χ0n) is 16.3. The highest BCUT2D eigenvalue weighted by atomic mass is 35.5. The maximum atomic E-state index is 12.9. The fourth-order valence-corrected chi connectivity index (χ4v) is 3.68. The van der Waals surface area contributed by atoms with Crippen LogP contribution in [0.25, 0.3) is 0 Å². The molecule has 1 saturated heterocycles. The van der Waals surface area contributed by atoms with Crippen molar-refractivity contribution in [2.75, 3.05) is 29.9 Å². The molecule has 1 N–H and O–H groups in total. The minimum Gasteiger partial charge on any atom is -0.375 e. The number of anilines is 2. The Morgan fingerprint density at radius 1 is 1.11 bits per heavy atom. The molecule has 2 amide bonds. The molecule has 0 atom stereocenters. The van der Waals surface area contributed by atoms with Crippen LogP contribution < -0.4 is 10.2 Å². The van der Waals surface area contributed by atoms with Crippen LogP contribution in [0.15, 0.2) is 48.5 Å². The van der Waals surface area contributed by atoms with Gasteiger partial charge in [-0.25, -0.2) is 0 Å². The Morgan fingerprint density at radius 3 is 2.43 bits per heavy atom. The van der Waals surface area contributed by atoms with Gasteiger partial charge in [0.25, 0.3) is 5.91 Å². The molecule has 2 aromatic rings. The highest BCUT2D eigenvalue weighted by Crippen LogP contribution is 2.24. The smallest absolute Gasteiger partial charge is 0.256 e. The SMILES string of the molecule is CC(C)N(C(=O)CNc1ccc(Cl)cc1C(=O)N1CCCC1)c1ccccc1. The Labute approximate surface area is 171 Å². The molecule has 6 heteroatoms. The summed E-state index contributed by atoms with van der Waals surface area (Å²) in [6.07, 6.45) is 2.04. The second-order valence-corrected chi connectivity index (χ2v) is 7.67. The molecule has 0 unspecified atom stereocenters. The molecule has 0 spiro atoms. The monoisotopic (exact) mass is 399 g/mol. The number of nitrogens with one attached hydrogen (secondary N) is 1. The summed E-state index contributed by atoms with van der Waals surface area (Å²) in [6, 6.07) is 14.8. The van der Waals surface area contributed by atoms with Gasteiger partial charge in [-0.05, 0) is 57.0 Å². The van der Waals surface area contributed by atoms with E-state index in [1.165, 1.54) is 0 Å². The van der Waals surface area contributed by atoms with E-state index in [1.54, 1.807) is 23.1 Å². The van der Waals surface area contributed by atoms with Crippen molar-refractivity contribution in [2.45, 2.75) is 32.7 Å². The van der Waals surface area contributed by atoms with Gasteiger partial charge in [-0.15, -0.1) is 0 Å². The number of amides is 2. The Hall–Kier alpha value is -2.53. The molecule has 1 fully saturated rings. The molecule has 0 aromatic heterocycles. The summed E-state index contributed by atoms with van der Waals surface area (Å²) in [4.78, 5) is 29.4. The van der Waals surface area contributed by atoms with E-state index in [9.17, 15) is 9.59 Å². The van der Waals surface area contributed by atoms with Gasteiger partial charge >= 0.3 is 0 Å². The summed E-state index contributed by atoms with van der Waals surface area (Å²) in [6.45, 7) is 5.58. The van der Waals surface area contributed by atoms with Crippen LogP contribution >= 0.6 is 11.6 Å². The van der Waals surface area contributed by atoms with E-state index < -0.39 is 0 Å². The highest BCUT2D eigenvalue weighted by molar-refractivity contribution is 6.31. The minimum atomic E-state index is -0.0595. The summed E-state index contributed by atoms with van der Waals surface area (Å²) in [5.41, 5.74) is 2.00. The van der Waals surface area contributed by atoms with Gasteiger partial charge in [-0.2, -0.15) is 0 Å². The molecule has 1 aliphatic rings. The van der Waals surface area contributed by atoms with Crippen molar-refractivity contribution in [1.82, 2.24) is 4.90 Å². The van der Waals surface area contributed by atoms with Crippen LogP contribution in [0.3, 0.4) is 0 Å². The fraction of sp³-hybridized carbons (Fsp3) is 0.364. The molecular weight excluding hydrogens is 374 g/mol. The third kappa shape index (κ3) is 4.65. The third-order valence-corrected chi connectivity index (χ3v) is 5.09. The highest BCUT2D eigenvalue weighted by Gasteiger charge is 2.23. The molecule has 2 aromatic carbocycles. The lowest BCUT2D eigenvalue weighted by atomic mass is 10.1. The second-order valence-electron chi connectivity index (χ2n) is 7.24. The molecule has 0 bridgehead atoms. The van der Waals surface area contributed by atoms with Crippen molar-refractivity contribution >= 4 is 34.8 Å². The van der Waals surface area contributed by atoms with Crippen LogP contribution in [0.4, 0.5) is 11.4 Å². The van der Waals surface area contributed by atoms with Gasteiger partial charge in [0, 0.05) is 35.5 Å². The Kier molecular flexibility index (Phi) is 6.57. The zero-order chi connectivity index (χ0) is 20.1. The maximum Gasteiger partial charge on any atom is 0.256 e. The van der Waals surface area contributed by atoms with Crippen LogP contribution in [0.2, 0.25) is 5.02 Å². The van der Waals surface area contributed by atoms with Gasteiger partial charge in [-0.1, -0.05) is 29.8 Å². The standard InChI is InChI=1S/C22H26ClN3O2/c1-16(2)26(18-8-4-3-5-9-18)21(27)15-24-20-11-10-17(23)14-19(20)22(28)25-12-6-7-13-25/h3-5,8-11,14,16,24H,6-7,12-13,15H2,1-2H3. The van der Waals surface area contributed by atoms with E-state index in [0.717, 1.165) is 31.6 Å². The summed E-state index contributed by atoms with van der Waals surface area (Å²) < 4.78 is 0. The van der Waals surface area contributed by atoms with Crippen molar-refractivity contribution in [1.29, 1.82) is 0 Å².